The summed E-state index contributed by atoms with van der Waals surface area (Å²) in [5.41, 5.74) is 3.68. The van der Waals surface area contributed by atoms with E-state index in [4.69, 9.17) is 66.3 Å². The topological polar surface area (TPSA) is 146 Å². The molecule has 0 spiro atoms. The average molecular weight is 1110 g/mol. The molecule has 436 valence electrons. The van der Waals surface area contributed by atoms with Crippen molar-refractivity contribution >= 4 is 5.97 Å². The molecule has 6 heterocycles. The Morgan fingerprint density at radius 3 is 1.69 bits per heavy atom. The van der Waals surface area contributed by atoms with E-state index in [1.54, 1.807) is 0 Å². The van der Waals surface area contributed by atoms with Gasteiger partial charge in [-0.2, -0.15) is 0 Å². The van der Waals surface area contributed by atoms with Gasteiger partial charge in [0.15, 0.2) is 37.1 Å². The molecule has 10 rings (SSSR count). The number of fused-ring (bicyclic) bond motifs is 6. The molecule has 15 nitrogen and oxygen atoms in total. The quantitative estimate of drug-likeness (QED) is 0.0871. The lowest BCUT2D eigenvalue weighted by molar-refractivity contribution is -0.414. The lowest BCUT2D eigenvalue weighted by Crippen LogP contribution is -2.68. The fourth-order valence-electron chi connectivity index (χ4n) is 12.0. The Bertz CT molecular complexity index is 2430. The van der Waals surface area contributed by atoms with Crippen molar-refractivity contribution < 1.29 is 71.1 Å². The highest BCUT2D eigenvalue weighted by Gasteiger charge is 2.60. The zero-order valence-electron chi connectivity index (χ0n) is 47.5. The van der Waals surface area contributed by atoms with Crippen molar-refractivity contribution in [2.24, 2.45) is 0 Å². The molecule has 0 aliphatic carbocycles. The first-order valence-electron chi connectivity index (χ1n) is 29.9. The number of rotatable bonds is 14. The molecule has 0 aromatic heterocycles. The van der Waals surface area contributed by atoms with Crippen LogP contribution in [0.3, 0.4) is 0 Å². The molecule has 4 aromatic rings. The summed E-state index contributed by atoms with van der Waals surface area (Å²) < 4.78 is 98.0. The molecule has 6 aliphatic rings. The molecule has 17 atom stereocenters. The second kappa shape index (κ2) is 28.9. The highest BCUT2D eigenvalue weighted by Crippen LogP contribution is 2.44. The number of benzene rings is 4. The summed E-state index contributed by atoms with van der Waals surface area (Å²) in [4.78, 5) is 14.5. The van der Waals surface area contributed by atoms with Gasteiger partial charge in [0.2, 0.25) is 0 Å². The molecule has 0 amide bonds. The second-order valence-electron chi connectivity index (χ2n) is 22.9. The summed E-state index contributed by atoms with van der Waals surface area (Å²) in [5, 5.41) is 0. The highest BCUT2D eigenvalue weighted by molar-refractivity contribution is 5.69. The monoisotopic (exact) mass is 1110 g/mol. The van der Waals surface area contributed by atoms with E-state index in [1.165, 1.54) is 0 Å². The molecule has 80 heavy (non-hydrogen) atoms. The van der Waals surface area contributed by atoms with Crippen molar-refractivity contribution in [3.8, 4) is 0 Å². The van der Waals surface area contributed by atoms with Gasteiger partial charge < -0.3 is 66.3 Å². The fraction of sp³-hybridized carbons (Fsp3) is 0.615. The van der Waals surface area contributed by atoms with Crippen LogP contribution in [0.5, 0.6) is 0 Å². The standard InChI is InChI=1S/C65H86O15/c1-6-7-17-36-49-37-26-11-9-8-10-12-27-38-51(66)75-58-55(68-40-46-30-20-14-21-31-46)52(67-39-45-28-18-13-19-29-45)43(2)71-63(58)77-59-56(69-41-47-32-22-15-23-33-47)54-50(42-70-61(76-54)48-34-24-16-25-35-48)74-64(59)78-60-57-53(79-65(4,5)80-57)44(3)72-62(60)73-49/h13-16,18-25,28-35,43-44,49-50,52-64H,6-12,17,26-27,36-42H2,1-5H3/t43-,44+,49-,50+,52-,53-,54+,55+,56-,57-,58+,59+,60+,61+,62-,63-,64-/m0/s1. The van der Waals surface area contributed by atoms with Gasteiger partial charge >= 0.3 is 5.97 Å². The number of unbranched alkanes of at least 4 members (excludes halogenated alkanes) is 2. The molecule has 0 N–H and O–H groups in total. The summed E-state index contributed by atoms with van der Waals surface area (Å²) >= 11 is 0. The smallest absolute Gasteiger partial charge is 0.306 e. The van der Waals surface area contributed by atoms with E-state index < -0.39 is 104 Å². The zero-order chi connectivity index (χ0) is 55.3. The number of carbonyl (C=O) groups is 1. The summed E-state index contributed by atoms with van der Waals surface area (Å²) in [6.07, 6.45) is -1.49. The van der Waals surface area contributed by atoms with Gasteiger partial charge in [-0.05, 0) is 63.6 Å². The summed E-state index contributed by atoms with van der Waals surface area (Å²) in [5.74, 6) is -1.35. The summed E-state index contributed by atoms with van der Waals surface area (Å²) in [6.45, 7) is 10.8. The molecule has 6 fully saturated rings. The minimum absolute atomic E-state index is 0.0996. The Morgan fingerprint density at radius 2 is 1.04 bits per heavy atom. The van der Waals surface area contributed by atoms with Gasteiger partial charge in [-0.3, -0.25) is 4.79 Å². The van der Waals surface area contributed by atoms with Gasteiger partial charge in [0.25, 0.3) is 0 Å². The van der Waals surface area contributed by atoms with E-state index in [0.717, 1.165) is 92.9 Å². The van der Waals surface area contributed by atoms with Gasteiger partial charge in [-0.25, -0.2) is 0 Å². The molecular weight excluding hydrogens is 1020 g/mol. The highest BCUT2D eigenvalue weighted by atomic mass is 16.8. The van der Waals surface area contributed by atoms with Crippen molar-refractivity contribution in [3.63, 3.8) is 0 Å². The van der Waals surface area contributed by atoms with Crippen LogP contribution in [0.2, 0.25) is 0 Å². The molecule has 15 heteroatoms. The third-order valence-corrected chi connectivity index (χ3v) is 16.2. The number of carbonyl (C=O) groups excluding carboxylic acids is 1. The van der Waals surface area contributed by atoms with E-state index in [2.05, 4.69) is 6.92 Å². The normalized spacial score (nSPS) is 35.4. The van der Waals surface area contributed by atoms with Gasteiger partial charge in [-0.15, -0.1) is 0 Å². The third kappa shape index (κ3) is 15.5. The lowest BCUT2D eigenvalue weighted by Gasteiger charge is -2.52. The van der Waals surface area contributed by atoms with Crippen LogP contribution < -0.4 is 0 Å². The van der Waals surface area contributed by atoms with Crippen molar-refractivity contribution in [1.29, 1.82) is 0 Å². The first kappa shape index (κ1) is 59.0. The number of esters is 1. The van der Waals surface area contributed by atoms with Crippen LogP contribution in [0, 0.1) is 0 Å². The predicted octanol–water partition coefficient (Wildman–Crippen LogP) is 11.8. The number of hydrogen-bond donors (Lipinski definition) is 0. The molecule has 0 unspecified atom stereocenters. The third-order valence-electron chi connectivity index (χ3n) is 16.2. The van der Waals surface area contributed by atoms with Gasteiger partial charge in [-0.1, -0.05) is 186 Å². The molecule has 6 aliphatic heterocycles. The maximum atomic E-state index is 14.5. The number of hydrogen-bond acceptors (Lipinski definition) is 15. The Labute approximate surface area is 473 Å². The van der Waals surface area contributed by atoms with Crippen LogP contribution in [0.15, 0.2) is 121 Å². The Balaban J connectivity index is 1.07. The minimum atomic E-state index is -1.26. The van der Waals surface area contributed by atoms with Gasteiger partial charge in [0, 0.05) is 12.0 Å². The van der Waals surface area contributed by atoms with Crippen molar-refractivity contribution in [1.82, 2.24) is 0 Å². The van der Waals surface area contributed by atoms with Crippen LogP contribution in [-0.4, -0.2) is 117 Å². The minimum Gasteiger partial charge on any atom is -0.454 e. The lowest BCUT2D eigenvalue weighted by atomic mass is 9.95. The fourth-order valence-corrected chi connectivity index (χ4v) is 12.0. The van der Waals surface area contributed by atoms with Crippen LogP contribution in [0.25, 0.3) is 0 Å². The summed E-state index contributed by atoms with van der Waals surface area (Å²) in [6, 6.07) is 39.7. The van der Waals surface area contributed by atoms with Crippen molar-refractivity contribution in [2.45, 2.75) is 248 Å². The first-order chi connectivity index (χ1) is 39.1. The second-order valence-corrected chi connectivity index (χ2v) is 22.9. The molecular formula is C65H86O15. The maximum Gasteiger partial charge on any atom is 0.306 e. The Hall–Kier alpha value is -4.17. The van der Waals surface area contributed by atoms with Gasteiger partial charge in [0.1, 0.15) is 54.9 Å². The van der Waals surface area contributed by atoms with E-state index in [0.29, 0.717) is 6.42 Å². The largest absolute Gasteiger partial charge is 0.454 e. The van der Waals surface area contributed by atoms with Crippen molar-refractivity contribution in [3.05, 3.63) is 144 Å². The first-order valence-corrected chi connectivity index (χ1v) is 29.9. The molecule has 0 bridgehead atoms. The van der Waals surface area contributed by atoms with Crippen LogP contribution in [-0.2, 0) is 90.9 Å². The van der Waals surface area contributed by atoms with Crippen LogP contribution >= 0.6 is 0 Å². The van der Waals surface area contributed by atoms with E-state index in [9.17, 15) is 4.79 Å². The molecule has 0 saturated carbocycles. The Morgan fingerprint density at radius 1 is 0.500 bits per heavy atom. The summed E-state index contributed by atoms with van der Waals surface area (Å²) in [7, 11) is 0. The van der Waals surface area contributed by atoms with E-state index >= 15 is 0 Å². The van der Waals surface area contributed by atoms with E-state index in [1.807, 2.05) is 149 Å². The van der Waals surface area contributed by atoms with Crippen LogP contribution in [0.4, 0.5) is 0 Å². The van der Waals surface area contributed by atoms with Gasteiger partial charge in [0.05, 0.1) is 44.7 Å². The maximum absolute atomic E-state index is 14.5. The molecule has 0 radical (unpaired) electrons. The van der Waals surface area contributed by atoms with E-state index in [-0.39, 0.29) is 44.9 Å². The molecule has 6 saturated heterocycles. The average Bonchev–Trinajstić information content (AvgIpc) is 3.92. The molecule has 4 aromatic carbocycles. The zero-order valence-corrected chi connectivity index (χ0v) is 47.5. The Kier molecular flexibility index (Phi) is 21.3. The van der Waals surface area contributed by atoms with Crippen molar-refractivity contribution in [2.75, 3.05) is 6.61 Å². The number of ether oxygens (including phenoxy) is 14. The SMILES string of the molecule is CCCCC[C@H]1CCCCCCCCCC(=O)O[C@H]2[C@H](O[C@H]3[C@H](O[C@H]4[C@H](O1)O[C@H](C)[C@@H]1OC(C)(C)O[C@@H]14)O[C@@H]1CO[C@@H](c4ccccc4)O[C@H]1[C@@H]3OCc1ccccc1)O[C@@H](C)[C@H](OCc1ccccc1)[C@H]2OCc1ccccc1. The van der Waals surface area contributed by atoms with Crippen LogP contribution in [0.1, 0.15) is 147 Å². The predicted molar refractivity (Wildman–Crippen MR) is 296 cm³/mol.